The van der Waals surface area contributed by atoms with E-state index in [1.54, 1.807) is 0 Å². The Hall–Kier alpha value is -6.78. The summed E-state index contributed by atoms with van der Waals surface area (Å²) in [6.45, 7) is 0. The molecule has 0 atom stereocenters. The summed E-state index contributed by atoms with van der Waals surface area (Å²) in [7, 11) is 0. The summed E-state index contributed by atoms with van der Waals surface area (Å²) in [6, 6.07) is 59.9. The van der Waals surface area contributed by atoms with Crippen LogP contribution < -0.4 is 4.90 Å². The third-order valence-electron chi connectivity index (χ3n) is 10.2. The lowest BCUT2D eigenvalue weighted by Gasteiger charge is -2.27. The number of hydrogen-bond donors (Lipinski definition) is 0. The van der Waals surface area contributed by atoms with Gasteiger partial charge in [-0.05, 0) is 66.0 Å². The van der Waals surface area contributed by atoms with E-state index in [-0.39, 0.29) is 0 Å². The molecule has 0 saturated heterocycles. The van der Waals surface area contributed by atoms with Gasteiger partial charge in [-0.3, -0.25) is 0 Å². The highest BCUT2D eigenvalue weighted by molar-refractivity contribution is 6.22. The molecule has 4 nitrogen and oxygen atoms in total. The van der Waals surface area contributed by atoms with Gasteiger partial charge in [0.25, 0.3) is 0 Å². The maximum atomic E-state index is 7.01. The van der Waals surface area contributed by atoms with Crippen molar-refractivity contribution >= 4 is 93.5 Å². The summed E-state index contributed by atoms with van der Waals surface area (Å²) in [5.41, 5.74) is 9.90. The zero-order valence-electron chi connectivity index (χ0n) is 26.9. The Bertz CT molecular complexity index is 3110. The molecule has 0 bridgehead atoms. The molecule has 11 aromatic rings. The van der Waals surface area contributed by atoms with Crippen molar-refractivity contribution in [2.24, 2.45) is 0 Å². The molecule has 0 saturated carbocycles. The Kier molecular flexibility index (Phi) is 5.63. The third-order valence-corrected chi connectivity index (χ3v) is 10.2. The second-order valence-corrected chi connectivity index (χ2v) is 12.9. The summed E-state index contributed by atoms with van der Waals surface area (Å²) in [5.74, 6) is 0. The Morgan fingerprint density at radius 2 is 0.980 bits per heavy atom. The maximum Gasteiger partial charge on any atom is 0.159 e. The van der Waals surface area contributed by atoms with E-state index in [0.29, 0.717) is 0 Å². The average Bonchev–Trinajstić information content (AvgIpc) is 3.86. The first-order valence-corrected chi connectivity index (χ1v) is 16.9. The zero-order valence-corrected chi connectivity index (χ0v) is 26.9. The van der Waals surface area contributed by atoms with Gasteiger partial charge < -0.3 is 18.3 Å². The minimum absolute atomic E-state index is 0.840. The van der Waals surface area contributed by atoms with Gasteiger partial charge in [0.2, 0.25) is 0 Å². The average molecular weight is 641 g/mol. The molecule has 0 fully saturated rings. The van der Waals surface area contributed by atoms with E-state index in [9.17, 15) is 0 Å². The van der Waals surface area contributed by atoms with E-state index < -0.39 is 0 Å². The zero-order chi connectivity index (χ0) is 32.8. The Morgan fingerprint density at radius 1 is 0.360 bits per heavy atom. The molecule has 0 N–H and O–H groups in total. The van der Waals surface area contributed by atoms with Crippen LogP contribution in [0.3, 0.4) is 0 Å². The number of fused-ring (bicyclic) bond motifs is 11. The molecule has 234 valence electrons. The molecule has 0 unspecified atom stereocenters. The topological polar surface area (TPSA) is 34.5 Å². The Morgan fingerprint density at radius 3 is 1.88 bits per heavy atom. The van der Waals surface area contributed by atoms with Crippen molar-refractivity contribution in [2.75, 3.05) is 4.90 Å². The van der Waals surface area contributed by atoms with Crippen LogP contribution >= 0.6 is 0 Å². The van der Waals surface area contributed by atoms with Crippen LogP contribution in [0.2, 0.25) is 0 Å². The van der Waals surface area contributed by atoms with Gasteiger partial charge in [0.05, 0.1) is 33.5 Å². The highest BCUT2D eigenvalue weighted by Crippen LogP contribution is 2.50. The van der Waals surface area contributed by atoms with Crippen LogP contribution in [0.15, 0.2) is 179 Å². The van der Waals surface area contributed by atoms with Crippen molar-refractivity contribution < 1.29 is 8.83 Å². The fourth-order valence-corrected chi connectivity index (χ4v) is 8.06. The maximum absolute atomic E-state index is 7.01. The highest BCUT2D eigenvalue weighted by Gasteiger charge is 2.26. The van der Waals surface area contributed by atoms with Crippen molar-refractivity contribution in [3.63, 3.8) is 0 Å². The van der Waals surface area contributed by atoms with Crippen molar-refractivity contribution in [1.82, 2.24) is 4.57 Å². The first kappa shape index (κ1) is 27.2. The van der Waals surface area contributed by atoms with Crippen molar-refractivity contribution in [2.45, 2.75) is 0 Å². The molecule has 3 heterocycles. The molecule has 3 aromatic heterocycles. The molecule has 0 amide bonds. The lowest BCUT2D eigenvalue weighted by Crippen LogP contribution is -2.11. The lowest BCUT2D eigenvalue weighted by atomic mass is 10.0. The van der Waals surface area contributed by atoms with Crippen molar-refractivity contribution in [3.05, 3.63) is 170 Å². The quantitative estimate of drug-likeness (QED) is 0.192. The molecule has 0 aliphatic heterocycles. The van der Waals surface area contributed by atoms with Crippen LogP contribution in [-0.4, -0.2) is 4.57 Å². The molecular formula is C46H28N2O2. The third kappa shape index (κ3) is 3.76. The number of aromatic nitrogens is 1. The Balaban J connectivity index is 1.31. The number of benzene rings is 8. The van der Waals surface area contributed by atoms with Crippen LogP contribution in [0.4, 0.5) is 17.1 Å². The van der Waals surface area contributed by atoms with Gasteiger partial charge in [0.1, 0.15) is 16.7 Å². The molecule has 50 heavy (non-hydrogen) atoms. The Labute approximate surface area is 286 Å². The van der Waals surface area contributed by atoms with E-state index in [2.05, 4.69) is 167 Å². The van der Waals surface area contributed by atoms with E-state index >= 15 is 0 Å². The lowest BCUT2D eigenvalue weighted by molar-refractivity contribution is 0.668. The summed E-state index contributed by atoms with van der Waals surface area (Å²) < 4.78 is 15.8. The van der Waals surface area contributed by atoms with Gasteiger partial charge in [0, 0.05) is 38.0 Å². The second kappa shape index (κ2) is 10.4. The number of nitrogens with zero attached hydrogens (tertiary/aromatic N) is 2. The fourth-order valence-electron chi connectivity index (χ4n) is 8.06. The van der Waals surface area contributed by atoms with Crippen LogP contribution in [0.25, 0.3) is 82.1 Å². The second-order valence-electron chi connectivity index (χ2n) is 12.9. The molecular weight excluding hydrogens is 613 g/mol. The van der Waals surface area contributed by atoms with Gasteiger partial charge in [-0.15, -0.1) is 0 Å². The van der Waals surface area contributed by atoms with Crippen LogP contribution in [0, 0.1) is 0 Å². The van der Waals surface area contributed by atoms with E-state index in [0.717, 1.165) is 93.8 Å². The molecule has 0 aliphatic rings. The molecule has 0 aliphatic carbocycles. The number of para-hydroxylation sites is 4. The molecule has 8 aromatic carbocycles. The minimum Gasteiger partial charge on any atom is -0.456 e. The van der Waals surface area contributed by atoms with Gasteiger partial charge >= 0.3 is 0 Å². The smallest absolute Gasteiger partial charge is 0.159 e. The molecule has 0 radical (unpaired) electrons. The van der Waals surface area contributed by atoms with Crippen LogP contribution in [0.1, 0.15) is 0 Å². The number of hydrogen-bond acceptors (Lipinski definition) is 3. The first-order chi connectivity index (χ1) is 24.8. The predicted molar refractivity (Wildman–Crippen MR) is 208 cm³/mol. The number of rotatable bonds is 4. The van der Waals surface area contributed by atoms with E-state index in [4.69, 9.17) is 8.83 Å². The van der Waals surface area contributed by atoms with Crippen molar-refractivity contribution in [3.8, 4) is 5.69 Å². The van der Waals surface area contributed by atoms with E-state index in [1.807, 2.05) is 12.1 Å². The number of furan rings is 2. The standard InChI is InChI=1S/C46H28N2O2/c1-2-14-30(15-3-1)47-36-20-8-6-17-34(36)43-37(47)21-11-22-38(43)48(39-23-12-26-42-44(39)35-18-7-9-25-41(35)49-42)40-24-10-19-32-33-28-27-29-13-4-5-16-31(29)45(33)50-46(32)40/h1-28H. The van der Waals surface area contributed by atoms with Crippen molar-refractivity contribution in [1.29, 1.82) is 0 Å². The minimum atomic E-state index is 0.840. The largest absolute Gasteiger partial charge is 0.456 e. The van der Waals surface area contributed by atoms with Crippen LogP contribution in [-0.2, 0) is 0 Å². The monoisotopic (exact) mass is 640 g/mol. The normalized spacial score (nSPS) is 12.0. The first-order valence-electron chi connectivity index (χ1n) is 16.9. The molecule has 4 heteroatoms. The highest BCUT2D eigenvalue weighted by atomic mass is 16.3. The fraction of sp³-hybridized carbons (Fsp3) is 0. The van der Waals surface area contributed by atoms with Gasteiger partial charge in [-0.1, -0.05) is 109 Å². The summed E-state index contributed by atoms with van der Waals surface area (Å²) >= 11 is 0. The summed E-state index contributed by atoms with van der Waals surface area (Å²) in [4.78, 5) is 2.39. The summed E-state index contributed by atoms with van der Waals surface area (Å²) in [6.07, 6.45) is 0. The molecule has 11 rings (SSSR count). The SMILES string of the molecule is c1ccc(-n2c3ccccc3c3c(N(c4cccc5c4oc4c6ccccc6ccc54)c4cccc5oc6ccccc6c45)cccc32)cc1. The van der Waals surface area contributed by atoms with Crippen LogP contribution in [0.5, 0.6) is 0 Å². The van der Waals surface area contributed by atoms with Gasteiger partial charge in [-0.25, -0.2) is 0 Å². The number of anilines is 3. The summed E-state index contributed by atoms with van der Waals surface area (Å²) in [5, 5.41) is 8.92. The molecule has 0 spiro atoms. The predicted octanol–water partition coefficient (Wildman–Crippen LogP) is 13.2. The van der Waals surface area contributed by atoms with Gasteiger partial charge in [-0.2, -0.15) is 0 Å². The van der Waals surface area contributed by atoms with Gasteiger partial charge in [0.15, 0.2) is 5.58 Å². The van der Waals surface area contributed by atoms with E-state index in [1.165, 1.54) is 5.39 Å².